The third-order valence-corrected chi connectivity index (χ3v) is 5.46. The van der Waals surface area contributed by atoms with Gasteiger partial charge in [0.1, 0.15) is 5.76 Å². The van der Waals surface area contributed by atoms with E-state index in [0.717, 1.165) is 0 Å². The highest BCUT2D eigenvalue weighted by atomic mass is 16.5. The number of nitrogens with one attached hydrogen (secondary N) is 1. The predicted octanol–water partition coefficient (Wildman–Crippen LogP) is 2.48. The molecule has 1 aliphatic heterocycles. The van der Waals surface area contributed by atoms with Gasteiger partial charge in [0.2, 0.25) is 11.8 Å². The van der Waals surface area contributed by atoms with E-state index in [-0.39, 0.29) is 40.9 Å². The van der Waals surface area contributed by atoms with Crippen LogP contribution in [0.1, 0.15) is 29.5 Å². The van der Waals surface area contributed by atoms with Crippen molar-refractivity contribution in [3.63, 3.8) is 0 Å². The molecule has 0 unspecified atom stereocenters. The summed E-state index contributed by atoms with van der Waals surface area (Å²) in [7, 11) is 0. The lowest BCUT2D eigenvalue weighted by Gasteiger charge is -2.22. The molecule has 2 aromatic rings. The fourth-order valence-corrected chi connectivity index (χ4v) is 3.97. The molecule has 3 atom stereocenters. The lowest BCUT2D eigenvalue weighted by molar-refractivity contribution is -0.123. The van der Waals surface area contributed by atoms with E-state index in [1.54, 1.807) is 6.92 Å². The van der Waals surface area contributed by atoms with Crippen LogP contribution in [0.15, 0.2) is 47.0 Å². The Morgan fingerprint density at radius 1 is 1.23 bits per heavy atom. The van der Waals surface area contributed by atoms with Gasteiger partial charge in [0.15, 0.2) is 12.4 Å². The number of carbonyl (C=O) groups excluding carboxylic acids is 4. The van der Waals surface area contributed by atoms with Gasteiger partial charge in [-0.25, -0.2) is 4.79 Å². The summed E-state index contributed by atoms with van der Waals surface area (Å²) in [6, 6.07) is 7.51. The number of aromatic nitrogens is 1. The van der Waals surface area contributed by atoms with E-state index in [1.807, 2.05) is 19.1 Å². The number of rotatable bonds is 5. The number of hydrogen-bond donors (Lipinski definition) is 1. The molecular formula is C22H21N3O6. The lowest BCUT2D eigenvalue weighted by Crippen LogP contribution is -2.31. The lowest BCUT2D eigenvalue weighted by atomic mass is 9.78. The van der Waals surface area contributed by atoms with Gasteiger partial charge in [0.05, 0.1) is 23.1 Å². The van der Waals surface area contributed by atoms with Gasteiger partial charge in [-0.15, -0.1) is 0 Å². The molecule has 1 aliphatic carbocycles. The SMILES string of the molecule is Cc1cc(NC(=O)COC(=O)c2ccc(N3C(=O)[C@H]4[C@@H](C)C=CC[C@H]4C3=O)cc2)no1. The highest BCUT2D eigenvalue weighted by Crippen LogP contribution is 2.40. The van der Waals surface area contributed by atoms with Crippen LogP contribution in [0.25, 0.3) is 0 Å². The quantitative estimate of drug-likeness (QED) is 0.446. The third kappa shape index (κ3) is 3.98. The molecule has 4 rings (SSSR count). The van der Waals surface area contributed by atoms with Gasteiger partial charge in [-0.05, 0) is 43.5 Å². The van der Waals surface area contributed by atoms with Crippen molar-refractivity contribution in [2.75, 3.05) is 16.8 Å². The molecule has 0 spiro atoms. The Bertz CT molecular complexity index is 1070. The van der Waals surface area contributed by atoms with Crippen LogP contribution in [0.3, 0.4) is 0 Å². The van der Waals surface area contributed by atoms with E-state index < -0.39 is 18.5 Å². The van der Waals surface area contributed by atoms with Crippen molar-refractivity contribution in [3.8, 4) is 0 Å². The molecule has 1 N–H and O–H groups in total. The third-order valence-electron chi connectivity index (χ3n) is 5.46. The number of imide groups is 1. The maximum Gasteiger partial charge on any atom is 0.338 e. The van der Waals surface area contributed by atoms with E-state index in [1.165, 1.54) is 35.2 Å². The number of anilines is 2. The smallest absolute Gasteiger partial charge is 0.338 e. The molecule has 9 nitrogen and oxygen atoms in total. The molecular weight excluding hydrogens is 402 g/mol. The summed E-state index contributed by atoms with van der Waals surface area (Å²) in [5.74, 6) is -1.64. The number of aryl methyl sites for hydroxylation is 1. The van der Waals surface area contributed by atoms with E-state index in [4.69, 9.17) is 9.26 Å². The van der Waals surface area contributed by atoms with Gasteiger partial charge in [0.25, 0.3) is 5.91 Å². The number of amides is 3. The van der Waals surface area contributed by atoms with Gasteiger partial charge in [-0.1, -0.05) is 24.2 Å². The number of benzene rings is 1. The molecule has 1 aromatic heterocycles. The summed E-state index contributed by atoms with van der Waals surface area (Å²) in [4.78, 5) is 50.9. The highest BCUT2D eigenvalue weighted by Gasteiger charge is 2.50. The van der Waals surface area contributed by atoms with Crippen LogP contribution in [0.2, 0.25) is 0 Å². The Kier molecular flexibility index (Phi) is 5.41. The maximum atomic E-state index is 12.8. The van der Waals surface area contributed by atoms with Crippen LogP contribution < -0.4 is 10.2 Å². The average Bonchev–Trinajstić information content (AvgIpc) is 3.27. The van der Waals surface area contributed by atoms with Crippen molar-refractivity contribution in [2.24, 2.45) is 17.8 Å². The highest BCUT2D eigenvalue weighted by molar-refractivity contribution is 6.22. The van der Waals surface area contributed by atoms with Gasteiger partial charge < -0.3 is 14.6 Å². The first-order chi connectivity index (χ1) is 14.8. The molecule has 160 valence electrons. The van der Waals surface area contributed by atoms with E-state index in [2.05, 4.69) is 10.5 Å². The molecule has 1 aromatic carbocycles. The van der Waals surface area contributed by atoms with Crippen molar-refractivity contribution in [2.45, 2.75) is 20.3 Å². The second-order valence-electron chi connectivity index (χ2n) is 7.66. The number of hydrogen-bond acceptors (Lipinski definition) is 7. The number of esters is 1. The maximum absolute atomic E-state index is 12.8. The van der Waals surface area contributed by atoms with Crippen LogP contribution in [-0.4, -0.2) is 35.5 Å². The van der Waals surface area contributed by atoms with Crippen molar-refractivity contribution < 1.29 is 28.4 Å². The molecule has 1 saturated heterocycles. The molecule has 1 fully saturated rings. The first-order valence-corrected chi connectivity index (χ1v) is 9.90. The topological polar surface area (TPSA) is 119 Å². The summed E-state index contributed by atoms with van der Waals surface area (Å²) >= 11 is 0. The second kappa shape index (κ2) is 8.17. The fourth-order valence-electron chi connectivity index (χ4n) is 3.97. The molecule has 3 amide bonds. The van der Waals surface area contributed by atoms with Crippen LogP contribution in [0.4, 0.5) is 11.5 Å². The minimum Gasteiger partial charge on any atom is -0.452 e. The van der Waals surface area contributed by atoms with Crippen molar-refractivity contribution >= 4 is 35.2 Å². The molecule has 0 radical (unpaired) electrons. The van der Waals surface area contributed by atoms with Crippen LogP contribution in [0, 0.1) is 24.7 Å². The van der Waals surface area contributed by atoms with E-state index in [0.29, 0.717) is 17.9 Å². The van der Waals surface area contributed by atoms with Crippen LogP contribution >= 0.6 is 0 Å². The first-order valence-electron chi connectivity index (χ1n) is 9.90. The molecule has 2 heterocycles. The summed E-state index contributed by atoms with van der Waals surface area (Å²) in [6.45, 7) is 3.12. The zero-order chi connectivity index (χ0) is 22.1. The minimum atomic E-state index is -0.705. The molecule has 0 saturated carbocycles. The largest absolute Gasteiger partial charge is 0.452 e. The van der Waals surface area contributed by atoms with Crippen molar-refractivity contribution in [3.05, 3.63) is 53.8 Å². The zero-order valence-corrected chi connectivity index (χ0v) is 17.0. The zero-order valence-electron chi connectivity index (χ0n) is 17.0. The predicted molar refractivity (Wildman–Crippen MR) is 109 cm³/mol. The molecule has 0 bridgehead atoms. The normalized spacial score (nSPS) is 22.4. The van der Waals surface area contributed by atoms with Gasteiger partial charge >= 0.3 is 5.97 Å². The summed E-state index contributed by atoms with van der Waals surface area (Å²) in [6.07, 6.45) is 4.46. The number of allylic oxidation sites excluding steroid dienone is 2. The summed E-state index contributed by atoms with van der Waals surface area (Å²) in [5.41, 5.74) is 0.604. The Morgan fingerprint density at radius 3 is 2.61 bits per heavy atom. The Balaban J connectivity index is 1.38. The van der Waals surface area contributed by atoms with E-state index >= 15 is 0 Å². The number of nitrogens with zero attached hydrogens (tertiary/aromatic N) is 2. The van der Waals surface area contributed by atoms with Gasteiger partial charge in [0, 0.05) is 6.07 Å². The monoisotopic (exact) mass is 423 g/mol. The van der Waals surface area contributed by atoms with Crippen LogP contribution in [-0.2, 0) is 19.1 Å². The minimum absolute atomic E-state index is 0.00163. The standard InChI is InChI=1S/C22H21N3O6/c1-12-4-3-5-16-19(12)21(28)25(20(16)27)15-8-6-14(7-9-15)22(29)30-11-18(26)23-17-10-13(2)31-24-17/h3-4,6-10,12,16,19H,5,11H2,1-2H3,(H,23,24,26)/t12-,16+,19-/m0/s1. The first kappa shape index (κ1) is 20.5. The average molecular weight is 423 g/mol. The van der Waals surface area contributed by atoms with E-state index in [9.17, 15) is 19.2 Å². The summed E-state index contributed by atoms with van der Waals surface area (Å²) in [5, 5.41) is 6.07. The number of fused-ring (bicyclic) bond motifs is 1. The molecule has 9 heteroatoms. The fraction of sp³-hybridized carbons (Fsp3) is 0.318. The Labute approximate surface area is 178 Å². The molecule has 2 aliphatic rings. The number of carbonyl (C=O) groups is 4. The van der Waals surface area contributed by atoms with Crippen molar-refractivity contribution in [1.29, 1.82) is 0 Å². The van der Waals surface area contributed by atoms with Crippen molar-refractivity contribution in [1.82, 2.24) is 5.16 Å². The Hall–Kier alpha value is -3.75. The van der Waals surface area contributed by atoms with Gasteiger partial charge in [-0.3, -0.25) is 19.3 Å². The molecule has 31 heavy (non-hydrogen) atoms. The van der Waals surface area contributed by atoms with Gasteiger partial charge in [-0.2, -0.15) is 0 Å². The summed E-state index contributed by atoms with van der Waals surface area (Å²) < 4.78 is 9.84. The Morgan fingerprint density at radius 2 is 1.97 bits per heavy atom. The number of ether oxygens (including phenoxy) is 1. The van der Waals surface area contributed by atoms with Crippen LogP contribution in [0.5, 0.6) is 0 Å². The second-order valence-corrected chi connectivity index (χ2v) is 7.66.